The molecule has 1 saturated heterocycles. The fraction of sp³-hybridized carbons (Fsp3) is 1.00. The van der Waals surface area contributed by atoms with E-state index in [1.807, 2.05) is 0 Å². The van der Waals surface area contributed by atoms with E-state index in [4.69, 9.17) is 0 Å². The minimum atomic E-state index is 0.359. The quantitative estimate of drug-likeness (QED) is 0.706. The van der Waals surface area contributed by atoms with E-state index in [1.165, 1.54) is 39.1 Å². The van der Waals surface area contributed by atoms with Crippen molar-refractivity contribution in [3.63, 3.8) is 0 Å². The van der Waals surface area contributed by atoms with Crippen molar-refractivity contribution in [2.45, 2.75) is 46.6 Å². The zero-order valence-electron chi connectivity index (χ0n) is 11.2. The Kier molecular flexibility index (Phi) is 4.60. The Morgan fingerprint density at radius 1 is 1.20 bits per heavy atom. The predicted molar refractivity (Wildman–Crippen MR) is 67.2 cm³/mol. The lowest BCUT2D eigenvalue weighted by molar-refractivity contribution is 0.160. The van der Waals surface area contributed by atoms with Crippen LogP contribution in [0.15, 0.2) is 0 Å². The second kappa shape index (κ2) is 5.31. The van der Waals surface area contributed by atoms with Gasteiger partial charge in [-0.3, -0.25) is 4.90 Å². The highest BCUT2D eigenvalue weighted by atomic mass is 15.2. The van der Waals surface area contributed by atoms with Gasteiger partial charge < -0.3 is 4.90 Å². The summed E-state index contributed by atoms with van der Waals surface area (Å²) >= 11 is 0. The molecule has 0 aromatic carbocycles. The molecule has 0 spiro atoms. The summed E-state index contributed by atoms with van der Waals surface area (Å²) < 4.78 is 0. The Morgan fingerprint density at radius 3 is 2.20 bits per heavy atom. The van der Waals surface area contributed by atoms with Crippen molar-refractivity contribution in [2.24, 2.45) is 5.92 Å². The Morgan fingerprint density at radius 2 is 1.80 bits per heavy atom. The van der Waals surface area contributed by atoms with Gasteiger partial charge in [-0.15, -0.1) is 0 Å². The molecule has 1 rings (SSSR count). The fourth-order valence-electron chi connectivity index (χ4n) is 2.44. The van der Waals surface area contributed by atoms with E-state index >= 15 is 0 Å². The maximum absolute atomic E-state index is 2.63. The molecule has 1 atom stereocenters. The molecule has 0 saturated carbocycles. The smallest absolute Gasteiger partial charge is 0.0125 e. The van der Waals surface area contributed by atoms with E-state index in [1.54, 1.807) is 0 Å². The van der Waals surface area contributed by atoms with Gasteiger partial charge in [0.15, 0.2) is 0 Å². The number of hydrogen-bond donors (Lipinski definition) is 0. The average molecular weight is 212 g/mol. The van der Waals surface area contributed by atoms with Gasteiger partial charge in [0.25, 0.3) is 0 Å². The maximum Gasteiger partial charge on any atom is 0.0125 e. The summed E-state index contributed by atoms with van der Waals surface area (Å²) in [5.41, 5.74) is 0.359. The van der Waals surface area contributed by atoms with Gasteiger partial charge in [0.05, 0.1) is 0 Å². The van der Waals surface area contributed by atoms with Crippen LogP contribution in [-0.4, -0.2) is 48.1 Å². The highest BCUT2D eigenvalue weighted by molar-refractivity contribution is 4.85. The highest BCUT2D eigenvalue weighted by Gasteiger charge is 2.30. The molecule has 1 fully saturated rings. The van der Waals surface area contributed by atoms with Crippen molar-refractivity contribution in [1.29, 1.82) is 0 Å². The van der Waals surface area contributed by atoms with Crippen LogP contribution in [-0.2, 0) is 0 Å². The van der Waals surface area contributed by atoms with E-state index in [0.717, 1.165) is 5.92 Å². The lowest BCUT2D eigenvalue weighted by atomic mass is 10.1. The largest absolute Gasteiger partial charge is 0.304 e. The minimum Gasteiger partial charge on any atom is -0.304 e. The van der Waals surface area contributed by atoms with Gasteiger partial charge in [-0.25, -0.2) is 0 Å². The molecule has 1 aliphatic rings. The highest BCUT2D eigenvalue weighted by Crippen LogP contribution is 2.24. The molecule has 1 heterocycles. The third-order valence-electron chi connectivity index (χ3n) is 3.65. The standard InChI is InChI=1S/C13H28N2/c1-6-14(7-2)10-12-8-9-15(11-12)13(3,4)5/h12H,6-11H2,1-5H3. The molecule has 0 radical (unpaired) electrons. The average Bonchev–Trinajstić information content (AvgIpc) is 2.61. The Bertz CT molecular complexity index is 179. The van der Waals surface area contributed by atoms with Crippen LogP contribution in [0.2, 0.25) is 0 Å². The van der Waals surface area contributed by atoms with Crippen LogP contribution in [0.4, 0.5) is 0 Å². The lowest BCUT2D eigenvalue weighted by Gasteiger charge is -2.32. The van der Waals surface area contributed by atoms with Gasteiger partial charge in [-0.05, 0) is 52.7 Å². The van der Waals surface area contributed by atoms with Crippen molar-refractivity contribution in [3.05, 3.63) is 0 Å². The van der Waals surface area contributed by atoms with Gasteiger partial charge in [-0.2, -0.15) is 0 Å². The van der Waals surface area contributed by atoms with Gasteiger partial charge in [0.1, 0.15) is 0 Å². The van der Waals surface area contributed by atoms with E-state index in [0.29, 0.717) is 5.54 Å². The molecule has 2 heteroatoms. The number of rotatable bonds is 4. The molecule has 0 bridgehead atoms. The van der Waals surface area contributed by atoms with Crippen molar-refractivity contribution in [1.82, 2.24) is 9.80 Å². The van der Waals surface area contributed by atoms with Crippen LogP contribution in [0.25, 0.3) is 0 Å². The summed E-state index contributed by atoms with van der Waals surface area (Å²) in [5.74, 6) is 0.893. The third kappa shape index (κ3) is 3.76. The summed E-state index contributed by atoms with van der Waals surface area (Å²) in [4.78, 5) is 5.18. The molecule has 0 aliphatic carbocycles. The SMILES string of the molecule is CCN(CC)CC1CCN(C(C)(C)C)C1. The summed E-state index contributed by atoms with van der Waals surface area (Å²) in [6.45, 7) is 17.8. The van der Waals surface area contributed by atoms with Crippen molar-refractivity contribution in [2.75, 3.05) is 32.7 Å². The van der Waals surface area contributed by atoms with E-state index < -0.39 is 0 Å². The molecule has 0 aromatic heterocycles. The maximum atomic E-state index is 2.63. The normalized spacial score (nSPS) is 24.0. The van der Waals surface area contributed by atoms with Gasteiger partial charge in [-0.1, -0.05) is 13.8 Å². The molecule has 0 amide bonds. The molecule has 90 valence electrons. The Balaban J connectivity index is 2.36. The predicted octanol–water partition coefficient (Wildman–Crippen LogP) is 2.45. The Hall–Kier alpha value is -0.0800. The molecule has 0 N–H and O–H groups in total. The van der Waals surface area contributed by atoms with Crippen LogP contribution < -0.4 is 0 Å². The van der Waals surface area contributed by atoms with Crippen LogP contribution >= 0.6 is 0 Å². The Labute approximate surface area is 95.6 Å². The molecule has 0 aromatic rings. The molecule has 2 nitrogen and oxygen atoms in total. The van der Waals surface area contributed by atoms with Gasteiger partial charge in [0.2, 0.25) is 0 Å². The fourth-order valence-corrected chi connectivity index (χ4v) is 2.44. The zero-order valence-corrected chi connectivity index (χ0v) is 11.2. The van der Waals surface area contributed by atoms with E-state index in [9.17, 15) is 0 Å². The summed E-state index contributed by atoms with van der Waals surface area (Å²) in [7, 11) is 0. The number of nitrogens with zero attached hydrogens (tertiary/aromatic N) is 2. The van der Waals surface area contributed by atoms with E-state index in [-0.39, 0.29) is 0 Å². The first-order valence-corrected chi connectivity index (χ1v) is 6.44. The first kappa shape index (κ1) is 13.0. The topological polar surface area (TPSA) is 6.48 Å². The number of hydrogen-bond acceptors (Lipinski definition) is 2. The van der Waals surface area contributed by atoms with Crippen LogP contribution in [0.3, 0.4) is 0 Å². The van der Waals surface area contributed by atoms with E-state index in [2.05, 4.69) is 44.4 Å². The molecular weight excluding hydrogens is 184 g/mol. The van der Waals surface area contributed by atoms with Crippen molar-refractivity contribution in [3.8, 4) is 0 Å². The second-order valence-electron chi connectivity index (χ2n) is 5.76. The number of likely N-dealkylation sites (tertiary alicyclic amines) is 1. The third-order valence-corrected chi connectivity index (χ3v) is 3.65. The van der Waals surface area contributed by atoms with Crippen molar-refractivity contribution < 1.29 is 0 Å². The lowest BCUT2D eigenvalue weighted by Crippen LogP contribution is -2.40. The summed E-state index contributed by atoms with van der Waals surface area (Å²) in [6, 6.07) is 0. The van der Waals surface area contributed by atoms with Crippen LogP contribution in [0.1, 0.15) is 41.0 Å². The molecular formula is C13H28N2. The van der Waals surface area contributed by atoms with Crippen LogP contribution in [0.5, 0.6) is 0 Å². The first-order chi connectivity index (χ1) is 6.97. The minimum absolute atomic E-state index is 0.359. The first-order valence-electron chi connectivity index (χ1n) is 6.44. The van der Waals surface area contributed by atoms with Gasteiger partial charge >= 0.3 is 0 Å². The second-order valence-corrected chi connectivity index (χ2v) is 5.76. The van der Waals surface area contributed by atoms with Crippen molar-refractivity contribution >= 4 is 0 Å². The zero-order chi connectivity index (χ0) is 11.5. The molecule has 1 unspecified atom stereocenters. The monoisotopic (exact) mass is 212 g/mol. The van der Waals surface area contributed by atoms with Gasteiger partial charge in [0, 0.05) is 18.6 Å². The summed E-state index contributed by atoms with van der Waals surface area (Å²) in [6.07, 6.45) is 1.38. The molecule has 1 aliphatic heterocycles. The summed E-state index contributed by atoms with van der Waals surface area (Å²) in [5, 5.41) is 0. The van der Waals surface area contributed by atoms with Crippen LogP contribution in [0, 0.1) is 5.92 Å². The molecule has 15 heavy (non-hydrogen) atoms.